The molecule has 1 fully saturated rings. The van der Waals surface area contributed by atoms with Crippen LogP contribution in [0.5, 0.6) is 0 Å². The summed E-state index contributed by atoms with van der Waals surface area (Å²) in [4.78, 5) is 54.1. The molecule has 0 saturated carbocycles. The van der Waals surface area contributed by atoms with Gasteiger partial charge >= 0.3 is 12.2 Å². The van der Waals surface area contributed by atoms with Gasteiger partial charge in [0.1, 0.15) is 24.9 Å². The van der Waals surface area contributed by atoms with E-state index in [0.29, 0.717) is 26.5 Å². The Hall–Kier alpha value is -4.82. The fraction of sp³-hybridized carbons (Fsp3) is 0.367. The van der Waals surface area contributed by atoms with Gasteiger partial charge in [-0.1, -0.05) is 34.8 Å². The summed E-state index contributed by atoms with van der Waals surface area (Å²) in [6, 6.07) is 5.50. The molecule has 238 valence electrons. The number of imide groups is 1. The first-order valence-electron chi connectivity index (χ1n) is 13.9. The van der Waals surface area contributed by atoms with E-state index in [9.17, 15) is 36.7 Å². The van der Waals surface area contributed by atoms with E-state index < -0.39 is 54.5 Å². The molecular weight excluding hydrogens is 603 g/mol. The zero-order valence-electron chi connectivity index (χ0n) is 24.5. The summed E-state index contributed by atoms with van der Waals surface area (Å²) in [5.74, 6) is -3.10. The van der Waals surface area contributed by atoms with Crippen molar-refractivity contribution in [1.29, 1.82) is 0 Å². The Bertz CT molecular complexity index is 1660. The molecule has 1 aliphatic heterocycles. The summed E-state index contributed by atoms with van der Waals surface area (Å²) in [6.07, 6.45) is -1.60. The van der Waals surface area contributed by atoms with Crippen molar-refractivity contribution in [2.24, 2.45) is 0 Å². The van der Waals surface area contributed by atoms with Crippen LogP contribution in [0.25, 0.3) is 11.1 Å². The highest BCUT2D eigenvalue weighted by molar-refractivity contribution is 6.09. The number of aromatic nitrogens is 2. The van der Waals surface area contributed by atoms with Crippen LogP contribution in [-0.4, -0.2) is 86.2 Å². The molecule has 0 radical (unpaired) electrons. The maximum absolute atomic E-state index is 15.7. The number of hydrogen-bond acceptors (Lipinski definition) is 5. The van der Waals surface area contributed by atoms with Gasteiger partial charge in [-0.3, -0.25) is 24.0 Å². The minimum Gasteiger partial charge on any atom is -0.347 e. The molecule has 2 aliphatic rings. The van der Waals surface area contributed by atoms with Crippen molar-refractivity contribution in [3.8, 4) is 11.1 Å². The lowest BCUT2D eigenvalue weighted by molar-refractivity contribution is -0.187. The number of carbonyl (C=O) groups excluding carboxylic acids is 4. The third-order valence-electron chi connectivity index (χ3n) is 8.22. The maximum atomic E-state index is 15.7. The van der Waals surface area contributed by atoms with Crippen LogP contribution in [0.4, 0.5) is 26.8 Å². The molecule has 1 aliphatic carbocycles. The lowest BCUT2D eigenvalue weighted by atomic mass is 9.90. The second-order valence-electron chi connectivity index (χ2n) is 11.3. The number of hydrogen-bond donors (Lipinski definition) is 0. The van der Waals surface area contributed by atoms with E-state index in [4.69, 9.17) is 0 Å². The van der Waals surface area contributed by atoms with Gasteiger partial charge in [-0.15, -0.1) is 5.12 Å². The number of fused-ring (bicyclic) bond motifs is 2. The summed E-state index contributed by atoms with van der Waals surface area (Å²) in [7, 11) is 3.24. The van der Waals surface area contributed by atoms with Crippen LogP contribution < -0.4 is 0 Å². The third kappa shape index (κ3) is 5.73. The van der Waals surface area contributed by atoms with Gasteiger partial charge < -0.3 is 9.80 Å². The smallest absolute Gasteiger partial charge is 0.347 e. The topological polar surface area (TPSA) is 99.1 Å². The van der Waals surface area contributed by atoms with E-state index in [-0.39, 0.29) is 41.5 Å². The average Bonchev–Trinajstić information content (AvgIpc) is 3.66. The SMILES string of the molecule is CC(N(Cc1ccc(F)cc1)C(=O)CN1C(=O)N(F)C2(CCc3cc(-c4cnn(CC(=O)N(C)C)c4)ccc32)C1=O)C(F)(F)F. The molecule has 0 N–H and O–H groups in total. The van der Waals surface area contributed by atoms with Crippen molar-refractivity contribution in [3.05, 3.63) is 77.4 Å². The van der Waals surface area contributed by atoms with Gasteiger partial charge in [0.2, 0.25) is 11.8 Å². The largest absolute Gasteiger partial charge is 0.408 e. The molecule has 1 aromatic heterocycles. The van der Waals surface area contributed by atoms with Gasteiger partial charge in [0.15, 0.2) is 5.54 Å². The highest BCUT2D eigenvalue weighted by Gasteiger charge is 2.62. The van der Waals surface area contributed by atoms with Crippen molar-refractivity contribution in [3.63, 3.8) is 0 Å². The van der Waals surface area contributed by atoms with Crippen LogP contribution in [0.15, 0.2) is 54.9 Å². The number of aryl methyl sites for hydroxylation is 1. The first-order valence-corrected chi connectivity index (χ1v) is 13.9. The summed E-state index contributed by atoms with van der Waals surface area (Å²) in [6.45, 7) is -0.954. The van der Waals surface area contributed by atoms with Gasteiger partial charge in [-0.2, -0.15) is 18.3 Å². The number of nitrogens with zero attached hydrogens (tertiary/aromatic N) is 6. The first kappa shape index (κ1) is 31.6. The number of benzene rings is 2. The number of urea groups is 1. The highest BCUT2D eigenvalue weighted by atomic mass is 19.4. The summed E-state index contributed by atoms with van der Waals surface area (Å²) < 4.78 is 71.6. The molecule has 10 nitrogen and oxygen atoms in total. The van der Waals surface area contributed by atoms with Crippen LogP contribution >= 0.6 is 0 Å². The average molecular weight is 633 g/mol. The Kier molecular flexibility index (Phi) is 8.14. The fourth-order valence-electron chi connectivity index (χ4n) is 5.57. The second kappa shape index (κ2) is 11.6. The molecular formula is C30H29F5N6O4. The molecule has 1 spiro atoms. The highest BCUT2D eigenvalue weighted by Crippen LogP contribution is 2.48. The zero-order valence-corrected chi connectivity index (χ0v) is 24.5. The minimum absolute atomic E-state index is 0.0199. The van der Waals surface area contributed by atoms with E-state index in [1.165, 1.54) is 27.8 Å². The van der Waals surface area contributed by atoms with Crippen LogP contribution in [-0.2, 0) is 39.4 Å². The Labute approximate surface area is 254 Å². The van der Waals surface area contributed by atoms with Gasteiger partial charge in [0.05, 0.1) is 6.20 Å². The van der Waals surface area contributed by atoms with Crippen molar-refractivity contribution >= 4 is 23.8 Å². The van der Waals surface area contributed by atoms with Gasteiger partial charge in [-0.05, 0) is 54.2 Å². The molecule has 5 amide bonds. The molecule has 15 heteroatoms. The molecule has 2 aromatic carbocycles. The van der Waals surface area contributed by atoms with Crippen molar-refractivity contribution in [2.45, 2.75) is 50.6 Å². The number of carbonyl (C=O) groups is 4. The zero-order chi connectivity index (χ0) is 32.8. The van der Waals surface area contributed by atoms with E-state index in [1.807, 2.05) is 0 Å². The van der Waals surface area contributed by atoms with Crippen LogP contribution in [0.3, 0.4) is 0 Å². The van der Waals surface area contributed by atoms with E-state index in [2.05, 4.69) is 5.10 Å². The van der Waals surface area contributed by atoms with Crippen molar-refractivity contribution < 1.29 is 41.2 Å². The summed E-state index contributed by atoms with van der Waals surface area (Å²) in [5.41, 5.74) is 0.183. The Morgan fingerprint density at radius 2 is 1.71 bits per heavy atom. The predicted octanol–water partition coefficient (Wildman–Crippen LogP) is 4.05. The fourth-order valence-corrected chi connectivity index (χ4v) is 5.57. The van der Waals surface area contributed by atoms with Crippen molar-refractivity contribution in [2.75, 3.05) is 20.6 Å². The lowest BCUT2D eigenvalue weighted by Gasteiger charge is -2.32. The van der Waals surface area contributed by atoms with Crippen LogP contribution in [0.2, 0.25) is 0 Å². The number of likely N-dealkylation sites (N-methyl/N-ethyl adjacent to an activating group) is 1. The maximum Gasteiger partial charge on any atom is 0.408 e. The molecule has 2 atom stereocenters. The van der Waals surface area contributed by atoms with Gasteiger partial charge in [0.25, 0.3) is 5.91 Å². The Morgan fingerprint density at radius 3 is 2.36 bits per heavy atom. The predicted molar refractivity (Wildman–Crippen MR) is 149 cm³/mol. The summed E-state index contributed by atoms with van der Waals surface area (Å²) in [5, 5.41) is 3.94. The first-order chi connectivity index (χ1) is 21.1. The molecule has 3 aromatic rings. The van der Waals surface area contributed by atoms with E-state index in [0.717, 1.165) is 19.1 Å². The van der Waals surface area contributed by atoms with Gasteiger partial charge in [-0.25, -0.2) is 9.18 Å². The Morgan fingerprint density at radius 1 is 1.02 bits per heavy atom. The molecule has 45 heavy (non-hydrogen) atoms. The third-order valence-corrected chi connectivity index (χ3v) is 8.22. The lowest BCUT2D eigenvalue weighted by Crippen LogP contribution is -2.51. The number of halogens is 5. The molecule has 1 saturated heterocycles. The van der Waals surface area contributed by atoms with E-state index >= 15 is 4.48 Å². The van der Waals surface area contributed by atoms with Crippen molar-refractivity contribution in [1.82, 2.24) is 29.6 Å². The number of rotatable bonds is 8. The minimum atomic E-state index is -4.86. The molecule has 2 heterocycles. The van der Waals surface area contributed by atoms with E-state index in [1.54, 1.807) is 38.6 Å². The molecule has 2 unspecified atom stereocenters. The summed E-state index contributed by atoms with van der Waals surface area (Å²) >= 11 is 0. The molecule has 5 rings (SSSR count). The Balaban J connectivity index is 1.38. The van der Waals surface area contributed by atoms with Gasteiger partial charge in [0, 0.05) is 32.4 Å². The monoisotopic (exact) mass is 632 g/mol. The number of amides is 5. The van der Waals surface area contributed by atoms with Crippen LogP contribution in [0, 0.1) is 5.82 Å². The normalized spacial score (nSPS) is 18.5. The quantitative estimate of drug-likeness (QED) is 0.212. The number of alkyl halides is 3. The van der Waals surface area contributed by atoms with Crippen LogP contribution in [0.1, 0.15) is 30.0 Å². The molecule has 0 bridgehead atoms. The second-order valence-corrected chi connectivity index (χ2v) is 11.3. The standard InChI is InChI=1S/C30H29F5N6O4/c1-18(30(32,33)34)39(14-19-4-7-23(31)8-5-19)26(43)17-40-27(44)29(41(35)28(40)45)11-10-21-12-20(6-9-24(21)29)22-13-36-38(15-22)16-25(42)37(2)3/h4-9,12-13,15,18H,10-11,14,16-17H2,1-3H3.